The maximum Gasteiger partial charge on any atom is 0.287 e. The molecule has 4 aromatic rings. The summed E-state index contributed by atoms with van der Waals surface area (Å²) in [6.45, 7) is 9.90. The number of fused-ring (bicyclic) bond motifs is 1. The Balaban J connectivity index is 1.51. The van der Waals surface area contributed by atoms with Crippen LogP contribution in [0.15, 0.2) is 67.0 Å². The van der Waals surface area contributed by atoms with Crippen molar-refractivity contribution in [3.05, 3.63) is 78.1 Å². The van der Waals surface area contributed by atoms with Crippen molar-refractivity contribution in [3.8, 4) is 22.8 Å². The summed E-state index contributed by atoms with van der Waals surface area (Å²) in [6, 6.07) is 19.5. The SMILES string of the molecule is CCCCCCN(CCCCCC)c1ccc(C=Cc2cc[n+]3cc(-c4ccc(OC)cc4OC)n(CC)c3c2)cc1. The average Bonchev–Trinajstić information content (AvgIpc) is 3.40. The number of methoxy groups -OCH3 is 2. The van der Waals surface area contributed by atoms with Crippen LogP contribution in [-0.4, -0.2) is 31.9 Å². The van der Waals surface area contributed by atoms with Crippen molar-refractivity contribution < 1.29 is 13.9 Å². The van der Waals surface area contributed by atoms with Crippen LogP contribution in [0, 0.1) is 0 Å². The second-order valence-corrected chi connectivity index (χ2v) is 11.1. The van der Waals surface area contributed by atoms with E-state index in [1.54, 1.807) is 14.2 Å². The zero-order valence-corrected chi connectivity index (χ0v) is 26.4. The third-order valence-corrected chi connectivity index (χ3v) is 8.11. The Morgan fingerprint density at radius 3 is 2.05 bits per heavy atom. The number of pyridine rings is 1. The fourth-order valence-corrected chi connectivity index (χ4v) is 5.64. The number of imidazole rings is 1. The van der Waals surface area contributed by atoms with Crippen LogP contribution >= 0.6 is 0 Å². The Morgan fingerprint density at radius 1 is 0.738 bits per heavy atom. The molecule has 0 saturated carbocycles. The highest BCUT2D eigenvalue weighted by Crippen LogP contribution is 2.34. The zero-order chi connectivity index (χ0) is 29.7. The third kappa shape index (κ3) is 7.96. The molecule has 0 N–H and O–H groups in total. The van der Waals surface area contributed by atoms with Crippen molar-refractivity contribution in [2.75, 3.05) is 32.2 Å². The maximum atomic E-state index is 5.71. The molecule has 0 spiro atoms. The smallest absolute Gasteiger partial charge is 0.287 e. The standard InChI is InChI=1S/C37H50N3O2/c1-6-9-11-13-24-38(25-14-12-10-7-2)32-19-17-30(18-20-32)15-16-31-23-26-39-29-35(40(8-3)37(39)27-31)34-22-21-33(41-4)28-36(34)42-5/h15-23,26-29H,6-14,24-25H2,1-5H3/q+1. The Morgan fingerprint density at radius 2 is 1.43 bits per heavy atom. The molecule has 4 rings (SSSR count). The van der Waals surface area contributed by atoms with E-state index < -0.39 is 0 Å². The molecule has 2 aromatic carbocycles. The summed E-state index contributed by atoms with van der Waals surface area (Å²) < 4.78 is 15.6. The second-order valence-electron chi connectivity index (χ2n) is 11.1. The van der Waals surface area contributed by atoms with Gasteiger partial charge in [-0.1, -0.05) is 76.7 Å². The van der Waals surface area contributed by atoms with Gasteiger partial charge in [-0.3, -0.25) is 0 Å². The molecule has 0 aliphatic carbocycles. The Labute approximate surface area is 253 Å². The van der Waals surface area contributed by atoms with Gasteiger partial charge >= 0.3 is 0 Å². The Kier molecular flexibility index (Phi) is 11.9. The fraction of sp³-hybridized carbons (Fsp3) is 0.432. The van der Waals surface area contributed by atoms with E-state index in [0.29, 0.717) is 0 Å². The lowest BCUT2D eigenvalue weighted by molar-refractivity contribution is -0.510. The molecule has 0 radical (unpaired) electrons. The third-order valence-electron chi connectivity index (χ3n) is 8.11. The summed E-state index contributed by atoms with van der Waals surface area (Å²) in [6.07, 6.45) is 19.2. The number of aromatic nitrogens is 2. The number of hydrogen-bond acceptors (Lipinski definition) is 3. The van der Waals surface area contributed by atoms with E-state index in [4.69, 9.17) is 9.47 Å². The molecule has 2 aromatic heterocycles. The first kappa shape index (κ1) is 31.2. The van der Waals surface area contributed by atoms with Crippen molar-refractivity contribution in [1.82, 2.24) is 4.57 Å². The normalized spacial score (nSPS) is 11.5. The number of nitrogens with zero attached hydrogens (tertiary/aromatic N) is 3. The number of ether oxygens (including phenoxy) is 2. The van der Waals surface area contributed by atoms with Crippen molar-refractivity contribution in [1.29, 1.82) is 0 Å². The van der Waals surface area contributed by atoms with Gasteiger partial charge in [0.2, 0.25) is 0 Å². The summed E-state index contributed by atoms with van der Waals surface area (Å²) in [4.78, 5) is 2.60. The van der Waals surface area contributed by atoms with Gasteiger partial charge in [0.25, 0.3) is 5.65 Å². The molecule has 5 nitrogen and oxygen atoms in total. The molecule has 5 heteroatoms. The predicted octanol–water partition coefficient (Wildman–Crippen LogP) is 9.07. The molecule has 42 heavy (non-hydrogen) atoms. The lowest BCUT2D eigenvalue weighted by atomic mass is 10.1. The quantitative estimate of drug-likeness (QED) is 0.0940. The molecule has 0 amide bonds. The van der Waals surface area contributed by atoms with Crippen molar-refractivity contribution in [2.45, 2.75) is 78.7 Å². The van der Waals surface area contributed by atoms with Crippen molar-refractivity contribution in [3.63, 3.8) is 0 Å². The molecule has 0 atom stereocenters. The van der Waals surface area contributed by atoms with E-state index in [9.17, 15) is 0 Å². The monoisotopic (exact) mass is 568 g/mol. The number of aryl methyl sites for hydroxylation is 1. The van der Waals surface area contributed by atoms with Crippen molar-refractivity contribution >= 4 is 23.5 Å². The molecule has 0 aliphatic heterocycles. The Hall–Kier alpha value is -3.73. The van der Waals surface area contributed by atoms with E-state index in [0.717, 1.165) is 48.0 Å². The van der Waals surface area contributed by atoms with Crippen LogP contribution in [-0.2, 0) is 6.54 Å². The van der Waals surface area contributed by atoms with E-state index in [1.807, 2.05) is 12.1 Å². The minimum Gasteiger partial charge on any atom is -0.497 e. The summed E-state index contributed by atoms with van der Waals surface area (Å²) in [5.74, 6) is 1.59. The highest BCUT2D eigenvalue weighted by molar-refractivity contribution is 5.73. The van der Waals surface area contributed by atoms with Gasteiger partial charge in [0, 0.05) is 30.9 Å². The molecule has 0 saturated heterocycles. The van der Waals surface area contributed by atoms with Gasteiger partial charge in [0.15, 0.2) is 5.69 Å². The molecular weight excluding hydrogens is 518 g/mol. The first-order valence-electron chi connectivity index (χ1n) is 15.9. The van der Waals surface area contributed by atoms with E-state index in [-0.39, 0.29) is 0 Å². The minimum atomic E-state index is 0.787. The predicted molar refractivity (Wildman–Crippen MR) is 178 cm³/mol. The summed E-state index contributed by atoms with van der Waals surface area (Å²) in [5, 5.41) is 0. The van der Waals surface area contributed by atoms with Crippen LogP contribution in [0.1, 0.15) is 83.3 Å². The van der Waals surface area contributed by atoms with Crippen LogP contribution in [0.25, 0.3) is 29.1 Å². The topological polar surface area (TPSA) is 30.7 Å². The van der Waals surface area contributed by atoms with Crippen LogP contribution in [0.2, 0.25) is 0 Å². The minimum absolute atomic E-state index is 0.787. The van der Waals surface area contributed by atoms with Gasteiger partial charge < -0.3 is 14.4 Å². The zero-order valence-electron chi connectivity index (χ0n) is 26.4. The fourth-order valence-electron chi connectivity index (χ4n) is 5.64. The summed E-state index contributed by atoms with van der Waals surface area (Å²) >= 11 is 0. The number of rotatable bonds is 17. The molecule has 0 bridgehead atoms. The van der Waals surface area contributed by atoms with E-state index in [1.165, 1.54) is 68.2 Å². The summed E-state index contributed by atoms with van der Waals surface area (Å²) in [5.41, 5.74) is 7.05. The second kappa shape index (κ2) is 16.1. The van der Waals surface area contributed by atoms with Crippen LogP contribution < -0.4 is 18.8 Å². The Bertz CT molecular complexity index is 1410. The molecule has 224 valence electrons. The van der Waals surface area contributed by atoms with Gasteiger partial charge in [-0.05, 0) is 61.2 Å². The van der Waals surface area contributed by atoms with E-state index in [2.05, 4.69) is 102 Å². The molecule has 0 fully saturated rings. The summed E-state index contributed by atoms with van der Waals surface area (Å²) in [7, 11) is 3.38. The molecule has 0 unspecified atom stereocenters. The molecule has 2 heterocycles. The van der Waals surface area contributed by atoms with Gasteiger partial charge in [-0.25, -0.2) is 8.97 Å². The van der Waals surface area contributed by atoms with Gasteiger partial charge in [0.1, 0.15) is 17.7 Å². The lowest BCUT2D eigenvalue weighted by Crippen LogP contribution is -2.25. The number of benzene rings is 2. The first-order chi connectivity index (χ1) is 20.6. The number of anilines is 1. The molecular formula is C37H50N3O2+. The highest BCUT2D eigenvalue weighted by Gasteiger charge is 2.21. The van der Waals surface area contributed by atoms with Gasteiger partial charge in [0.05, 0.1) is 32.5 Å². The largest absolute Gasteiger partial charge is 0.497 e. The highest BCUT2D eigenvalue weighted by atomic mass is 16.5. The first-order valence-corrected chi connectivity index (χ1v) is 15.9. The van der Waals surface area contributed by atoms with Crippen molar-refractivity contribution in [2.24, 2.45) is 0 Å². The van der Waals surface area contributed by atoms with Crippen LogP contribution in [0.3, 0.4) is 0 Å². The molecule has 0 aliphatic rings. The van der Waals surface area contributed by atoms with Crippen LogP contribution in [0.5, 0.6) is 11.5 Å². The average molecular weight is 569 g/mol. The lowest BCUT2D eigenvalue weighted by Gasteiger charge is -2.25. The van der Waals surface area contributed by atoms with Gasteiger partial charge in [-0.15, -0.1) is 0 Å². The maximum absolute atomic E-state index is 5.71. The van der Waals surface area contributed by atoms with Crippen LogP contribution in [0.4, 0.5) is 5.69 Å². The number of hydrogen-bond donors (Lipinski definition) is 0. The van der Waals surface area contributed by atoms with Gasteiger partial charge in [-0.2, -0.15) is 0 Å². The van der Waals surface area contributed by atoms with E-state index >= 15 is 0 Å². The number of unbranched alkanes of at least 4 members (excludes halogenated alkanes) is 6.